The van der Waals surface area contributed by atoms with Gasteiger partial charge in [0.05, 0.1) is 0 Å². The van der Waals surface area contributed by atoms with Crippen molar-refractivity contribution in [2.75, 3.05) is 7.11 Å². The Morgan fingerprint density at radius 3 is 2.27 bits per heavy atom. The van der Waals surface area contributed by atoms with Gasteiger partial charge in [-0.3, -0.25) is 0 Å². The van der Waals surface area contributed by atoms with Crippen LogP contribution in [0.1, 0.15) is 32.6 Å². The molecule has 0 aromatic rings. The fourth-order valence-electron chi connectivity index (χ4n) is 0.884. The molecule has 0 aromatic heterocycles. The molecule has 0 saturated heterocycles. The van der Waals surface area contributed by atoms with Crippen LogP contribution in [0.15, 0.2) is 0 Å². The summed E-state index contributed by atoms with van der Waals surface area (Å²) in [5, 5.41) is 0. The first-order valence-corrected chi connectivity index (χ1v) is 6.13. The van der Waals surface area contributed by atoms with Crippen molar-refractivity contribution < 1.29 is 14.0 Å². The Morgan fingerprint density at radius 2 is 1.82 bits per heavy atom. The highest BCUT2D eigenvalue weighted by Crippen LogP contribution is 2.10. The van der Waals surface area contributed by atoms with Gasteiger partial charge < -0.3 is 14.0 Å². The number of hydrogen-bond donors (Lipinski definition) is 2. The number of unbranched alkanes of at least 4 members (excludes halogenated alkanes) is 3. The first kappa shape index (κ1) is 11.1. The van der Waals surface area contributed by atoms with Crippen molar-refractivity contribution >= 4 is 8.80 Å². The SMILES string of the molecule is CCCCCC[Si](O)(O)OC. The second kappa shape index (κ2) is 5.71. The second-order valence-corrected chi connectivity index (χ2v) is 5.15. The molecule has 0 fully saturated rings. The summed E-state index contributed by atoms with van der Waals surface area (Å²) in [4.78, 5) is 18.2. The molecule has 0 spiro atoms. The summed E-state index contributed by atoms with van der Waals surface area (Å²) in [7, 11) is -1.87. The van der Waals surface area contributed by atoms with Gasteiger partial charge in [0.2, 0.25) is 0 Å². The molecule has 0 atom stereocenters. The molecule has 0 heterocycles. The van der Waals surface area contributed by atoms with Crippen molar-refractivity contribution in [3.63, 3.8) is 0 Å². The molecule has 0 amide bonds. The van der Waals surface area contributed by atoms with E-state index in [0.717, 1.165) is 19.3 Å². The maximum Gasteiger partial charge on any atom is 0.495 e. The molecule has 11 heavy (non-hydrogen) atoms. The highest BCUT2D eigenvalue weighted by molar-refractivity contribution is 6.57. The third-order valence-corrected chi connectivity index (χ3v) is 3.34. The molecular formula is C7H18O3Si. The van der Waals surface area contributed by atoms with E-state index in [2.05, 4.69) is 11.3 Å². The third-order valence-electron chi connectivity index (χ3n) is 1.68. The predicted molar refractivity (Wildman–Crippen MR) is 46.1 cm³/mol. The predicted octanol–water partition coefficient (Wildman–Crippen LogP) is 1.14. The van der Waals surface area contributed by atoms with Crippen LogP contribution in [-0.2, 0) is 4.43 Å². The molecule has 0 bridgehead atoms. The van der Waals surface area contributed by atoms with Crippen molar-refractivity contribution in [3.8, 4) is 0 Å². The fourth-order valence-corrected chi connectivity index (χ4v) is 1.80. The molecule has 0 saturated carbocycles. The Kier molecular flexibility index (Phi) is 5.76. The lowest BCUT2D eigenvalue weighted by Gasteiger charge is -2.13. The molecule has 0 aliphatic heterocycles. The van der Waals surface area contributed by atoms with E-state index >= 15 is 0 Å². The summed E-state index contributed by atoms with van der Waals surface area (Å²) >= 11 is 0. The van der Waals surface area contributed by atoms with E-state index in [1.165, 1.54) is 13.5 Å². The van der Waals surface area contributed by atoms with Crippen molar-refractivity contribution in [2.24, 2.45) is 0 Å². The Hall–Kier alpha value is 0.0969. The van der Waals surface area contributed by atoms with Crippen LogP contribution in [0, 0.1) is 0 Å². The maximum absolute atomic E-state index is 9.09. The number of rotatable bonds is 6. The van der Waals surface area contributed by atoms with Crippen molar-refractivity contribution in [2.45, 2.75) is 38.7 Å². The molecule has 0 radical (unpaired) electrons. The van der Waals surface area contributed by atoms with Gasteiger partial charge in [0.1, 0.15) is 0 Å². The lowest BCUT2D eigenvalue weighted by Crippen LogP contribution is -2.37. The standard InChI is InChI=1S/C7H18O3Si/c1-3-4-5-6-7-11(8,9)10-2/h8-9H,3-7H2,1-2H3. The van der Waals surface area contributed by atoms with Crippen LogP contribution >= 0.6 is 0 Å². The van der Waals surface area contributed by atoms with Gasteiger partial charge in [0, 0.05) is 13.2 Å². The van der Waals surface area contributed by atoms with E-state index in [9.17, 15) is 0 Å². The van der Waals surface area contributed by atoms with E-state index < -0.39 is 8.80 Å². The van der Waals surface area contributed by atoms with Gasteiger partial charge in [0.15, 0.2) is 0 Å². The molecule has 0 aliphatic rings. The summed E-state index contributed by atoms with van der Waals surface area (Å²) < 4.78 is 4.57. The topological polar surface area (TPSA) is 49.7 Å². The largest absolute Gasteiger partial charge is 0.495 e. The lowest BCUT2D eigenvalue weighted by atomic mass is 10.2. The molecule has 0 rings (SSSR count). The van der Waals surface area contributed by atoms with Crippen molar-refractivity contribution in [1.29, 1.82) is 0 Å². The molecule has 0 unspecified atom stereocenters. The van der Waals surface area contributed by atoms with Gasteiger partial charge >= 0.3 is 8.80 Å². The zero-order chi connectivity index (χ0) is 8.74. The highest BCUT2D eigenvalue weighted by atomic mass is 28.4. The van der Waals surface area contributed by atoms with E-state index in [1.807, 2.05) is 0 Å². The van der Waals surface area contributed by atoms with E-state index in [4.69, 9.17) is 9.59 Å². The first-order valence-electron chi connectivity index (χ1n) is 4.12. The second-order valence-electron chi connectivity index (χ2n) is 2.76. The van der Waals surface area contributed by atoms with Crippen LogP contribution in [0.2, 0.25) is 6.04 Å². The molecule has 0 aromatic carbocycles. The van der Waals surface area contributed by atoms with E-state index in [-0.39, 0.29) is 0 Å². The summed E-state index contributed by atoms with van der Waals surface area (Å²) in [6.45, 7) is 2.12. The molecule has 3 nitrogen and oxygen atoms in total. The van der Waals surface area contributed by atoms with Crippen LogP contribution in [0.5, 0.6) is 0 Å². The van der Waals surface area contributed by atoms with Gasteiger partial charge in [-0.25, -0.2) is 0 Å². The Morgan fingerprint density at radius 1 is 1.18 bits per heavy atom. The maximum atomic E-state index is 9.09. The quantitative estimate of drug-likeness (QED) is 0.473. The minimum absolute atomic E-state index is 0.434. The monoisotopic (exact) mass is 178 g/mol. The number of hydrogen-bond acceptors (Lipinski definition) is 3. The highest BCUT2D eigenvalue weighted by Gasteiger charge is 2.29. The van der Waals surface area contributed by atoms with Gasteiger partial charge in [-0.15, -0.1) is 0 Å². The smallest absolute Gasteiger partial charge is 0.390 e. The minimum atomic E-state index is -3.23. The van der Waals surface area contributed by atoms with Crippen LogP contribution in [-0.4, -0.2) is 25.5 Å². The summed E-state index contributed by atoms with van der Waals surface area (Å²) in [5.41, 5.74) is 0. The van der Waals surface area contributed by atoms with Crippen molar-refractivity contribution in [1.82, 2.24) is 0 Å². The minimum Gasteiger partial charge on any atom is -0.390 e. The van der Waals surface area contributed by atoms with Crippen LogP contribution < -0.4 is 0 Å². The van der Waals surface area contributed by atoms with Crippen LogP contribution in [0.3, 0.4) is 0 Å². The molecule has 68 valence electrons. The van der Waals surface area contributed by atoms with Gasteiger partial charge in [-0.05, 0) is 6.42 Å². The average Bonchev–Trinajstić information content (AvgIpc) is 1.99. The Bertz CT molecular complexity index is 95.7. The summed E-state index contributed by atoms with van der Waals surface area (Å²) in [6.07, 6.45) is 4.25. The first-order chi connectivity index (χ1) is 5.12. The van der Waals surface area contributed by atoms with Crippen LogP contribution in [0.4, 0.5) is 0 Å². The molecule has 4 heteroatoms. The Balaban J connectivity index is 3.23. The van der Waals surface area contributed by atoms with E-state index in [1.54, 1.807) is 0 Å². The Labute approximate surface area is 69.4 Å². The molecule has 2 N–H and O–H groups in total. The van der Waals surface area contributed by atoms with Gasteiger partial charge in [-0.1, -0.05) is 26.2 Å². The normalized spacial score (nSPS) is 12.0. The zero-order valence-corrected chi connectivity index (χ0v) is 8.34. The van der Waals surface area contributed by atoms with Crippen LogP contribution in [0.25, 0.3) is 0 Å². The van der Waals surface area contributed by atoms with E-state index in [0.29, 0.717) is 6.04 Å². The zero-order valence-electron chi connectivity index (χ0n) is 7.34. The third kappa shape index (κ3) is 6.49. The van der Waals surface area contributed by atoms with Gasteiger partial charge in [0.25, 0.3) is 0 Å². The van der Waals surface area contributed by atoms with Crippen molar-refractivity contribution in [3.05, 3.63) is 0 Å². The van der Waals surface area contributed by atoms with Gasteiger partial charge in [-0.2, -0.15) is 0 Å². The molecule has 0 aliphatic carbocycles. The summed E-state index contributed by atoms with van der Waals surface area (Å²) in [6, 6.07) is 0.434. The molecular weight excluding hydrogens is 160 g/mol. The average molecular weight is 178 g/mol. The lowest BCUT2D eigenvalue weighted by molar-refractivity contribution is 0.183. The fraction of sp³-hybridized carbons (Fsp3) is 1.00. The summed E-state index contributed by atoms with van der Waals surface area (Å²) in [5.74, 6) is 0.